The molecule has 2 unspecified atom stereocenters. The lowest BCUT2D eigenvalue weighted by Gasteiger charge is -2.56. The summed E-state index contributed by atoms with van der Waals surface area (Å²) in [6, 6.07) is 9.84. The molecule has 0 saturated carbocycles. The molecule has 0 aromatic heterocycles. The van der Waals surface area contributed by atoms with Crippen LogP contribution in [-0.2, 0) is 0 Å². The molecule has 4 aliphatic carbocycles. The lowest BCUT2D eigenvalue weighted by atomic mass is 9.46. The van der Waals surface area contributed by atoms with Crippen molar-refractivity contribution in [1.29, 1.82) is 10.5 Å². The van der Waals surface area contributed by atoms with Crippen molar-refractivity contribution in [2.24, 2.45) is 10.8 Å². The monoisotopic (exact) mass is 358 g/mol. The Balaban J connectivity index is 1.82. The molecule has 0 heterocycles. The molecular formula is C26H18N2. The van der Waals surface area contributed by atoms with Crippen LogP contribution in [0.3, 0.4) is 0 Å². The third-order valence-corrected chi connectivity index (χ3v) is 6.96. The van der Waals surface area contributed by atoms with Crippen LogP contribution >= 0.6 is 0 Å². The summed E-state index contributed by atoms with van der Waals surface area (Å²) in [6.45, 7) is 4.63. The summed E-state index contributed by atoms with van der Waals surface area (Å²) in [5, 5.41) is 19.2. The highest BCUT2D eigenvalue weighted by atomic mass is 14.6. The minimum Gasteiger partial charge on any atom is -0.192 e. The second-order valence-corrected chi connectivity index (χ2v) is 7.96. The van der Waals surface area contributed by atoms with Crippen LogP contribution in [0.1, 0.15) is 30.5 Å². The number of benzene rings is 1. The van der Waals surface area contributed by atoms with Gasteiger partial charge in [-0.05, 0) is 40.0 Å². The fourth-order valence-corrected chi connectivity index (χ4v) is 5.17. The maximum atomic E-state index is 9.62. The van der Waals surface area contributed by atoms with Gasteiger partial charge in [-0.1, -0.05) is 74.6 Å². The van der Waals surface area contributed by atoms with Gasteiger partial charge in [0.2, 0.25) is 0 Å². The minimum atomic E-state index is -0.180. The van der Waals surface area contributed by atoms with E-state index in [4.69, 9.17) is 0 Å². The lowest BCUT2D eigenvalue weighted by Crippen LogP contribution is -2.47. The van der Waals surface area contributed by atoms with Gasteiger partial charge < -0.3 is 0 Å². The Bertz CT molecular complexity index is 1210. The molecule has 28 heavy (non-hydrogen) atoms. The Morgan fingerprint density at radius 2 is 1.32 bits per heavy atom. The van der Waals surface area contributed by atoms with E-state index in [1.807, 2.05) is 0 Å². The highest BCUT2D eigenvalue weighted by Gasteiger charge is 2.55. The first-order valence-electron chi connectivity index (χ1n) is 9.41. The third-order valence-electron chi connectivity index (χ3n) is 6.96. The summed E-state index contributed by atoms with van der Waals surface area (Å²) in [5.41, 5.74) is 7.48. The summed E-state index contributed by atoms with van der Waals surface area (Å²) in [6.07, 6.45) is 19.7. The fourth-order valence-electron chi connectivity index (χ4n) is 5.17. The van der Waals surface area contributed by atoms with Gasteiger partial charge in [0.05, 0.1) is 23.3 Å². The molecule has 0 aliphatic heterocycles. The van der Waals surface area contributed by atoms with Gasteiger partial charge in [-0.2, -0.15) is 10.5 Å². The Morgan fingerprint density at radius 3 is 2.04 bits per heavy atom. The quantitative estimate of drug-likeness (QED) is 0.646. The van der Waals surface area contributed by atoms with Gasteiger partial charge in [0.15, 0.2) is 0 Å². The molecule has 0 amide bonds. The van der Waals surface area contributed by atoms with Crippen molar-refractivity contribution in [3.63, 3.8) is 0 Å². The average Bonchev–Trinajstić information content (AvgIpc) is 2.71. The number of rotatable bonds is 1. The maximum absolute atomic E-state index is 9.62. The second-order valence-electron chi connectivity index (χ2n) is 7.96. The van der Waals surface area contributed by atoms with E-state index in [0.717, 1.165) is 11.1 Å². The van der Waals surface area contributed by atoms with Crippen LogP contribution in [-0.4, -0.2) is 0 Å². The van der Waals surface area contributed by atoms with Crippen LogP contribution in [0, 0.1) is 33.5 Å². The van der Waals surface area contributed by atoms with E-state index in [1.165, 1.54) is 22.3 Å². The largest absolute Gasteiger partial charge is 0.192 e. The van der Waals surface area contributed by atoms with Gasteiger partial charge in [0, 0.05) is 16.4 Å². The van der Waals surface area contributed by atoms with E-state index in [2.05, 4.69) is 80.7 Å². The van der Waals surface area contributed by atoms with Crippen LogP contribution in [0.5, 0.6) is 0 Å². The number of hydrogen-bond donors (Lipinski definition) is 0. The van der Waals surface area contributed by atoms with Crippen molar-refractivity contribution in [1.82, 2.24) is 0 Å². The van der Waals surface area contributed by atoms with E-state index in [9.17, 15) is 10.5 Å². The van der Waals surface area contributed by atoms with Gasteiger partial charge in [-0.3, -0.25) is 0 Å². The Morgan fingerprint density at radius 1 is 0.714 bits per heavy atom. The molecule has 1 aromatic rings. The van der Waals surface area contributed by atoms with Gasteiger partial charge in [0.1, 0.15) is 0 Å². The molecule has 132 valence electrons. The van der Waals surface area contributed by atoms with Gasteiger partial charge in [-0.25, -0.2) is 0 Å². The number of hydrogen-bond acceptors (Lipinski definition) is 2. The minimum absolute atomic E-state index is 0.124. The highest BCUT2D eigenvalue weighted by molar-refractivity contribution is 5.87. The first kappa shape index (κ1) is 16.5. The molecule has 0 saturated heterocycles. The SMILES string of the molecule is CC12C3=CC=CC1=CC=C1C=C(c4c(C#N)cccc4C#N)C=C(C=C3)C12C. The predicted molar refractivity (Wildman–Crippen MR) is 111 cm³/mol. The number of nitrogens with zero attached hydrogens (tertiary/aromatic N) is 2. The van der Waals surface area contributed by atoms with Crippen LogP contribution < -0.4 is 0 Å². The number of nitriles is 2. The van der Waals surface area contributed by atoms with E-state index >= 15 is 0 Å². The molecule has 0 bridgehead atoms. The first-order valence-corrected chi connectivity index (χ1v) is 9.41. The van der Waals surface area contributed by atoms with Crippen molar-refractivity contribution in [3.8, 4) is 12.1 Å². The van der Waals surface area contributed by atoms with Crippen molar-refractivity contribution in [2.45, 2.75) is 13.8 Å². The second kappa shape index (κ2) is 5.44. The molecule has 2 heteroatoms. The van der Waals surface area contributed by atoms with Crippen LogP contribution in [0.15, 0.2) is 95.2 Å². The van der Waals surface area contributed by atoms with Gasteiger partial charge in [-0.15, -0.1) is 0 Å². The summed E-state index contributed by atoms with van der Waals surface area (Å²) < 4.78 is 0. The normalized spacial score (nSPS) is 28.6. The zero-order valence-electron chi connectivity index (χ0n) is 15.8. The summed E-state index contributed by atoms with van der Waals surface area (Å²) in [5.74, 6) is 0. The molecule has 2 atom stereocenters. The van der Waals surface area contributed by atoms with Crippen LogP contribution in [0.2, 0.25) is 0 Å². The maximum Gasteiger partial charge on any atom is 0.0998 e. The van der Waals surface area contributed by atoms with E-state index in [1.54, 1.807) is 18.2 Å². The smallest absolute Gasteiger partial charge is 0.0998 e. The van der Waals surface area contributed by atoms with E-state index < -0.39 is 0 Å². The van der Waals surface area contributed by atoms with Gasteiger partial charge >= 0.3 is 0 Å². The molecule has 0 N–H and O–H groups in total. The molecule has 5 rings (SSSR count). The number of allylic oxidation sites excluding steroid dienone is 14. The first-order chi connectivity index (χ1) is 13.5. The summed E-state index contributed by atoms with van der Waals surface area (Å²) in [7, 11) is 0. The topological polar surface area (TPSA) is 47.6 Å². The summed E-state index contributed by atoms with van der Waals surface area (Å²) >= 11 is 0. The standard InChI is InChI=1S/C26H18N2/c1-25-20-7-4-8-21(25)10-12-23-14-19(13-22(11-9-20)26(23,25)2)24-17(15-27)5-3-6-18(24)16-28/h3-14H,1-2H3. The highest BCUT2D eigenvalue weighted by Crippen LogP contribution is 2.65. The van der Waals surface area contributed by atoms with Crippen LogP contribution in [0.4, 0.5) is 0 Å². The third kappa shape index (κ3) is 1.80. The average molecular weight is 358 g/mol. The zero-order chi connectivity index (χ0) is 19.5. The Kier molecular flexibility index (Phi) is 3.22. The lowest BCUT2D eigenvalue weighted by molar-refractivity contribution is 0.250. The zero-order valence-corrected chi connectivity index (χ0v) is 15.8. The fraction of sp³-hybridized carbons (Fsp3) is 0.154. The molecule has 2 nitrogen and oxygen atoms in total. The molecule has 0 radical (unpaired) electrons. The van der Waals surface area contributed by atoms with Gasteiger partial charge in [0.25, 0.3) is 0 Å². The van der Waals surface area contributed by atoms with E-state index in [-0.39, 0.29) is 10.8 Å². The van der Waals surface area contributed by atoms with Crippen molar-refractivity contribution < 1.29 is 0 Å². The molecular weight excluding hydrogens is 340 g/mol. The molecule has 0 fully saturated rings. The molecule has 0 spiro atoms. The molecule has 4 aliphatic rings. The van der Waals surface area contributed by atoms with Crippen molar-refractivity contribution in [3.05, 3.63) is 112 Å². The predicted octanol–water partition coefficient (Wildman–Crippen LogP) is 5.70. The van der Waals surface area contributed by atoms with Crippen molar-refractivity contribution in [2.75, 3.05) is 0 Å². The Labute approximate surface area is 165 Å². The van der Waals surface area contributed by atoms with Crippen molar-refractivity contribution >= 4 is 5.57 Å². The van der Waals surface area contributed by atoms with E-state index in [0.29, 0.717) is 11.1 Å². The van der Waals surface area contributed by atoms with Crippen LogP contribution in [0.25, 0.3) is 5.57 Å². The summed E-state index contributed by atoms with van der Waals surface area (Å²) in [4.78, 5) is 0. The Hall–Kier alpha value is -3.62. The molecule has 1 aromatic carbocycles.